The van der Waals surface area contributed by atoms with Crippen molar-refractivity contribution in [1.29, 1.82) is 0 Å². The molecule has 0 saturated carbocycles. The molecule has 0 atom stereocenters. The van der Waals surface area contributed by atoms with E-state index in [0.717, 1.165) is 10.4 Å². The summed E-state index contributed by atoms with van der Waals surface area (Å²) in [4.78, 5) is 25.7. The Hall–Kier alpha value is -2.39. The summed E-state index contributed by atoms with van der Waals surface area (Å²) >= 11 is 7.98. The molecule has 1 aromatic heterocycles. The van der Waals surface area contributed by atoms with Crippen molar-refractivity contribution in [3.63, 3.8) is 0 Å². The summed E-state index contributed by atoms with van der Waals surface area (Å²) in [7, 11) is 3.01. The first-order valence-corrected chi connectivity index (χ1v) is 9.58. The average molecular weight is 412 g/mol. The van der Waals surface area contributed by atoms with Crippen LogP contribution in [0.15, 0.2) is 21.3 Å². The number of carbonyl (C=O) groups excluding carboxylic acids is 1. The third-order valence-electron chi connectivity index (χ3n) is 3.93. The van der Waals surface area contributed by atoms with Gasteiger partial charge in [-0.2, -0.15) is 4.68 Å². The number of hydrogen-bond donors (Lipinski definition) is 0. The highest BCUT2D eigenvalue weighted by Crippen LogP contribution is 2.37. The molecule has 8 nitrogen and oxygen atoms in total. The van der Waals surface area contributed by atoms with Gasteiger partial charge < -0.3 is 18.8 Å². The van der Waals surface area contributed by atoms with Crippen molar-refractivity contribution in [1.82, 2.24) is 14.7 Å². The van der Waals surface area contributed by atoms with E-state index in [1.54, 1.807) is 34.9 Å². The maximum absolute atomic E-state index is 12.1. The summed E-state index contributed by atoms with van der Waals surface area (Å²) < 4.78 is 16.5. The maximum atomic E-state index is 12.1. The summed E-state index contributed by atoms with van der Waals surface area (Å²) in [6.45, 7) is 0.536. The van der Waals surface area contributed by atoms with Gasteiger partial charge in [0.1, 0.15) is 6.54 Å². The topological polar surface area (TPSA) is 86.8 Å². The van der Waals surface area contributed by atoms with Gasteiger partial charge in [0.2, 0.25) is 11.8 Å². The molecule has 1 aliphatic rings. The fourth-order valence-electron chi connectivity index (χ4n) is 2.52. The number of hydrogen-bond acceptors (Lipinski definition) is 7. The van der Waals surface area contributed by atoms with E-state index in [-0.39, 0.29) is 18.3 Å². The van der Waals surface area contributed by atoms with Gasteiger partial charge in [0.15, 0.2) is 11.5 Å². The number of rotatable bonds is 6. The zero-order valence-corrected chi connectivity index (χ0v) is 16.4. The summed E-state index contributed by atoms with van der Waals surface area (Å²) in [6, 6.07) is 3.45. The molecule has 27 heavy (non-hydrogen) atoms. The lowest BCUT2D eigenvalue weighted by Gasteiger charge is -2.12. The van der Waals surface area contributed by atoms with E-state index in [2.05, 4.69) is 5.10 Å². The first-order valence-electron chi connectivity index (χ1n) is 8.05. The molecule has 2 heterocycles. The SMILES string of the molecule is COc1ccc(/C=C/c2nn(CC(=O)N3CCSC3)c(=O)o2)c(Cl)c1OC. The quantitative estimate of drug-likeness (QED) is 0.720. The zero-order chi connectivity index (χ0) is 19.4. The van der Waals surface area contributed by atoms with E-state index in [1.165, 1.54) is 20.3 Å². The van der Waals surface area contributed by atoms with Crippen molar-refractivity contribution in [2.24, 2.45) is 0 Å². The fourth-order valence-corrected chi connectivity index (χ4v) is 3.79. The highest BCUT2D eigenvalue weighted by Gasteiger charge is 2.20. The lowest BCUT2D eigenvalue weighted by atomic mass is 10.2. The Morgan fingerprint density at radius 2 is 2.19 bits per heavy atom. The smallest absolute Gasteiger partial charge is 0.437 e. The monoisotopic (exact) mass is 411 g/mol. The number of thioether (sulfide) groups is 1. The molecule has 1 aromatic carbocycles. The number of nitrogens with zero attached hydrogens (tertiary/aromatic N) is 3. The molecule has 0 N–H and O–H groups in total. The summed E-state index contributed by atoms with van der Waals surface area (Å²) in [5, 5.41) is 4.40. The van der Waals surface area contributed by atoms with Gasteiger partial charge in [0.25, 0.3) is 0 Å². The van der Waals surface area contributed by atoms with Gasteiger partial charge in [0, 0.05) is 18.4 Å². The van der Waals surface area contributed by atoms with Crippen molar-refractivity contribution in [2.75, 3.05) is 32.4 Å². The van der Waals surface area contributed by atoms with Crippen LogP contribution in [0.5, 0.6) is 11.5 Å². The Morgan fingerprint density at radius 1 is 1.37 bits per heavy atom. The van der Waals surface area contributed by atoms with Crippen LogP contribution in [0.2, 0.25) is 5.02 Å². The van der Waals surface area contributed by atoms with E-state index < -0.39 is 5.76 Å². The molecule has 0 radical (unpaired) electrons. The average Bonchev–Trinajstić information content (AvgIpc) is 3.31. The molecule has 144 valence electrons. The number of carbonyl (C=O) groups is 1. The van der Waals surface area contributed by atoms with E-state index >= 15 is 0 Å². The maximum Gasteiger partial charge on any atom is 0.437 e. The van der Waals surface area contributed by atoms with E-state index in [1.807, 2.05) is 0 Å². The van der Waals surface area contributed by atoms with Gasteiger partial charge in [-0.05, 0) is 23.8 Å². The van der Waals surface area contributed by atoms with Crippen molar-refractivity contribution in [3.8, 4) is 11.5 Å². The molecule has 10 heteroatoms. The number of methoxy groups -OCH3 is 2. The highest BCUT2D eigenvalue weighted by molar-refractivity contribution is 7.99. The fraction of sp³-hybridized carbons (Fsp3) is 0.353. The van der Waals surface area contributed by atoms with Crippen LogP contribution in [0.1, 0.15) is 11.5 Å². The summed E-state index contributed by atoms with van der Waals surface area (Å²) in [5.41, 5.74) is 0.636. The number of ether oxygens (including phenoxy) is 2. The van der Waals surface area contributed by atoms with Gasteiger partial charge >= 0.3 is 5.76 Å². The van der Waals surface area contributed by atoms with E-state index in [4.69, 9.17) is 25.5 Å². The van der Waals surface area contributed by atoms with Crippen molar-refractivity contribution in [3.05, 3.63) is 39.2 Å². The second-order valence-corrected chi connectivity index (χ2v) is 7.05. The Morgan fingerprint density at radius 3 is 2.85 bits per heavy atom. The molecule has 0 spiro atoms. The normalized spacial score (nSPS) is 14.1. The molecule has 1 aliphatic heterocycles. The predicted molar refractivity (Wildman–Crippen MR) is 103 cm³/mol. The molecule has 1 amide bonds. The molecular weight excluding hydrogens is 394 g/mol. The van der Waals surface area contributed by atoms with Crippen LogP contribution in [-0.2, 0) is 11.3 Å². The molecule has 0 unspecified atom stereocenters. The number of halogens is 1. The van der Waals surface area contributed by atoms with Gasteiger partial charge in [0.05, 0.1) is 25.1 Å². The van der Waals surface area contributed by atoms with Crippen LogP contribution in [0, 0.1) is 0 Å². The van der Waals surface area contributed by atoms with Gasteiger partial charge in [-0.15, -0.1) is 16.9 Å². The van der Waals surface area contributed by atoms with Gasteiger partial charge in [-0.1, -0.05) is 11.6 Å². The third-order valence-corrected chi connectivity index (χ3v) is 5.29. The van der Waals surface area contributed by atoms with Crippen LogP contribution in [0.3, 0.4) is 0 Å². The van der Waals surface area contributed by atoms with Crippen LogP contribution < -0.4 is 15.2 Å². The largest absolute Gasteiger partial charge is 0.493 e. The number of aromatic nitrogens is 2. The molecule has 3 rings (SSSR count). The highest BCUT2D eigenvalue weighted by atomic mass is 35.5. The Bertz CT molecular complexity index is 918. The van der Waals surface area contributed by atoms with Crippen LogP contribution in [-0.4, -0.2) is 53.0 Å². The predicted octanol–water partition coefficient (Wildman–Crippen LogP) is 2.21. The van der Waals surface area contributed by atoms with Crippen molar-refractivity contribution >= 4 is 41.4 Å². The standard InChI is InChI=1S/C17H18ClN3O5S/c1-24-12-5-3-11(15(18)16(12)25-2)4-6-13-19-21(17(23)26-13)9-14(22)20-7-8-27-10-20/h3-6H,7-10H2,1-2H3/b6-4+. The molecule has 0 bridgehead atoms. The number of amides is 1. The van der Waals surface area contributed by atoms with Gasteiger partial charge in [-0.25, -0.2) is 4.79 Å². The second-order valence-electron chi connectivity index (χ2n) is 5.60. The second kappa shape index (κ2) is 8.53. The van der Waals surface area contributed by atoms with E-state index in [0.29, 0.717) is 34.5 Å². The lowest BCUT2D eigenvalue weighted by Crippen LogP contribution is -2.34. The van der Waals surface area contributed by atoms with Crippen LogP contribution >= 0.6 is 23.4 Å². The van der Waals surface area contributed by atoms with Crippen LogP contribution in [0.4, 0.5) is 0 Å². The first kappa shape index (κ1) is 19.4. The summed E-state index contributed by atoms with van der Waals surface area (Å²) in [5.74, 6) is 1.68. The van der Waals surface area contributed by atoms with E-state index in [9.17, 15) is 9.59 Å². The minimum absolute atomic E-state index is 0.0782. The zero-order valence-electron chi connectivity index (χ0n) is 14.8. The third kappa shape index (κ3) is 4.30. The minimum Gasteiger partial charge on any atom is -0.493 e. The molecule has 2 aromatic rings. The molecular formula is C17H18ClN3O5S. The number of benzene rings is 1. The molecule has 0 aliphatic carbocycles. The van der Waals surface area contributed by atoms with Crippen molar-refractivity contribution < 1.29 is 18.7 Å². The minimum atomic E-state index is -0.687. The summed E-state index contributed by atoms with van der Waals surface area (Å²) in [6.07, 6.45) is 3.14. The van der Waals surface area contributed by atoms with Gasteiger partial charge in [-0.3, -0.25) is 4.79 Å². The Labute approximate surface area is 164 Å². The Kier molecular flexibility index (Phi) is 6.12. The van der Waals surface area contributed by atoms with Crippen molar-refractivity contribution in [2.45, 2.75) is 6.54 Å². The van der Waals surface area contributed by atoms with Crippen LogP contribution in [0.25, 0.3) is 12.2 Å². The molecule has 1 fully saturated rings. The molecule has 1 saturated heterocycles. The Balaban J connectivity index is 1.76. The lowest BCUT2D eigenvalue weighted by molar-refractivity contribution is -0.130. The first-order chi connectivity index (χ1) is 13.0.